The summed E-state index contributed by atoms with van der Waals surface area (Å²) in [7, 11) is 0. The topological polar surface area (TPSA) is 277 Å². The highest BCUT2D eigenvalue weighted by molar-refractivity contribution is 5.94. The molecule has 4 amide bonds. The van der Waals surface area contributed by atoms with Gasteiger partial charge in [0.15, 0.2) is 0 Å². The molecule has 4 atom stereocenters. The molecule has 0 aliphatic rings. The minimum absolute atomic E-state index is 0.0185. The highest BCUT2D eigenvalue weighted by atomic mass is 16.4. The third kappa shape index (κ3) is 10.9. The largest absolute Gasteiger partial charge is 0.480 e. The van der Waals surface area contributed by atoms with Gasteiger partial charge < -0.3 is 48.2 Å². The van der Waals surface area contributed by atoms with Gasteiger partial charge in [-0.1, -0.05) is 0 Å². The molecule has 0 bridgehead atoms. The fourth-order valence-electron chi connectivity index (χ4n) is 3.65. The molecule has 4 unspecified atom stereocenters. The number of primary amides is 1. The van der Waals surface area contributed by atoms with Crippen molar-refractivity contribution in [1.29, 1.82) is 0 Å². The van der Waals surface area contributed by atoms with Crippen molar-refractivity contribution in [3.05, 3.63) is 36.4 Å². The zero-order valence-corrected chi connectivity index (χ0v) is 21.4. The first-order valence-electron chi connectivity index (χ1n) is 12.4. The van der Waals surface area contributed by atoms with E-state index in [1.165, 1.54) is 25.0 Å². The SMILES string of the molecule is NCCCCC(NC(=O)C(Cc1cnc[nH]1)NC(=O)C(Cc1cnc[nH]1)NC(=O)C(N)CCC(N)=O)C(=O)O. The van der Waals surface area contributed by atoms with Crippen LogP contribution in [0.15, 0.2) is 25.0 Å². The van der Waals surface area contributed by atoms with Gasteiger partial charge in [-0.3, -0.25) is 19.2 Å². The summed E-state index contributed by atoms with van der Waals surface area (Å²) < 4.78 is 0. The number of nitrogens with one attached hydrogen (secondary N) is 5. The first-order valence-corrected chi connectivity index (χ1v) is 12.4. The minimum Gasteiger partial charge on any atom is -0.480 e. The third-order valence-electron chi connectivity index (χ3n) is 5.82. The number of aromatic nitrogens is 4. The van der Waals surface area contributed by atoms with Crippen LogP contribution >= 0.6 is 0 Å². The summed E-state index contributed by atoms with van der Waals surface area (Å²) in [6.45, 7) is 0.383. The minimum atomic E-state index is -1.22. The van der Waals surface area contributed by atoms with E-state index >= 15 is 0 Å². The van der Waals surface area contributed by atoms with E-state index in [1.54, 1.807) is 0 Å². The van der Waals surface area contributed by atoms with Crippen LogP contribution in [0.5, 0.6) is 0 Å². The number of carboxylic acid groups (broad SMARTS) is 1. The molecule has 16 nitrogen and oxygen atoms in total. The van der Waals surface area contributed by atoms with Gasteiger partial charge in [-0.15, -0.1) is 0 Å². The van der Waals surface area contributed by atoms with E-state index < -0.39 is 53.8 Å². The number of imidazole rings is 2. The van der Waals surface area contributed by atoms with E-state index in [2.05, 4.69) is 35.9 Å². The van der Waals surface area contributed by atoms with Crippen molar-refractivity contribution < 1.29 is 29.1 Å². The maximum Gasteiger partial charge on any atom is 0.326 e. The lowest BCUT2D eigenvalue weighted by Crippen LogP contribution is -2.58. The predicted octanol–water partition coefficient (Wildman–Crippen LogP) is -2.82. The van der Waals surface area contributed by atoms with Gasteiger partial charge in [-0.2, -0.15) is 0 Å². The predicted molar refractivity (Wildman–Crippen MR) is 137 cm³/mol. The lowest BCUT2D eigenvalue weighted by atomic mass is 10.1. The van der Waals surface area contributed by atoms with Crippen molar-refractivity contribution in [3.63, 3.8) is 0 Å². The van der Waals surface area contributed by atoms with Crippen LogP contribution in [0.4, 0.5) is 0 Å². The quantitative estimate of drug-likeness (QED) is 0.0861. The van der Waals surface area contributed by atoms with E-state index in [1.807, 2.05) is 0 Å². The standard InChI is InChI=1S/C23H36N10O6/c24-6-2-1-3-16(23(38)39)31-21(36)18(8-14-10-28-12-30-14)33-22(37)17(7-13-9-27-11-29-13)32-20(35)15(25)4-5-19(26)34/h9-12,15-18H,1-8,24-25H2,(H2,26,34)(H,27,29)(H,28,30)(H,31,36)(H,32,35)(H,33,37)(H,38,39). The average molecular weight is 549 g/mol. The first-order chi connectivity index (χ1) is 18.6. The summed E-state index contributed by atoms with van der Waals surface area (Å²) in [4.78, 5) is 75.4. The van der Waals surface area contributed by atoms with Crippen LogP contribution in [0, 0.1) is 0 Å². The van der Waals surface area contributed by atoms with Crippen LogP contribution in [0.1, 0.15) is 43.5 Å². The van der Waals surface area contributed by atoms with E-state index in [4.69, 9.17) is 17.2 Å². The fourth-order valence-corrected chi connectivity index (χ4v) is 3.65. The lowest BCUT2D eigenvalue weighted by molar-refractivity contribution is -0.142. The number of nitrogens with two attached hydrogens (primary N) is 3. The Labute approximate surface area is 224 Å². The van der Waals surface area contributed by atoms with Gasteiger partial charge in [-0.05, 0) is 32.2 Å². The Hall–Kier alpha value is -4.31. The van der Waals surface area contributed by atoms with E-state index in [-0.39, 0.29) is 32.1 Å². The second-order valence-corrected chi connectivity index (χ2v) is 8.98. The average Bonchev–Trinajstić information content (AvgIpc) is 3.60. The number of carbonyl (C=O) groups excluding carboxylic acids is 4. The molecule has 214 valence electrons. The molecule has 0 aliphatic carbocycles. The highest BCUT2D eigenvalue weighted by Gasteiger charge is 2.31. The van der Waals surface area contributed by atoms with Crippen LogP contribution in [0.3, 0.4) is 0 Å². The normalized spacial score (nSPS) is 14.0. The summed E-state index contributed by atoms with van der Waals surface area (Å²) in [6.07, 6.45) is 6.76. The lowest BCUT2D eigenvalue weighted by Gasteiger charge is -2.25. The number of nitrogens with zero attached hydrogens (tertiary/aromatic N) is 2. The molecule has 2 rings (SSSR count). The van der Waals surface area contributed by atoms with Crippen LogP contribution in [-0.4, -0.2) is 85.4 Å². The molecule has 0 aliphatic heterocycles. The van der Waals surface area contributed by atoms with Crippen molar-refractivity contribution >= 4 is 29.6 Å². The molecule has 2 heterocycles. The van der Waals surface area contributed by atoms with Crippen molar-refractivity contribution in [3.8, 4) is 0 Å². The number of carbonyl (C=O) groups is 5. The smallest absolute Gasteiger partial charge is 0.326 e. The number of carboxylic acids is 1. The number of hydrogen-bond acceptors (Lipinski definition) is 9. The van der Waals surface area contributed by atoms with Crippen LogP contribution in [-0.2, 0) is 36.8 Å². The van der Waals surface area contributed by atoms with Crippen LogP contribution in [0.25, 0.3) is 0 Å². The molecule has 39 heavy (non-hydrogen) atoms. The Morgan fingerprint density at radius 3 is 1.77 bits per heavy atom. The molecule has 0 radical (unpaired) electrons. The first kappa shape index (κ1) is 30.9. The number of aliphatic carboxylic acids is 1. The molecule has 2 aromatic rings. The number of hydrogen-bond donors (Lipinski definition) is 9. The third-order valence-corrected chi connectivity index (χ3v) is 5.82. The Morgan fingerprint density at radius 2 is 1.33 bits per heavy atom. The number of amides is 4. The zero-order valence-electron chi connectivity index (χ0n) is 21.4. The molecule has 0 aromatic carbocycles. The maximum atomic E-state index is 13.4. The van der Waals surface area contributed by atoms with Gasteiger partial charge in [0.2, 0.25) is 23.6 Å². The summed E-state index contributed by atoms with van der Waals surface area (Å²) >= 11 is 0. The Bertz CT molecular complexity index is 1080. The second kappa shape index (κ2) is 15.8. The summed E-state index contributed by atoms with van der Waals surface area (Å²) in [5.41, 5.74) is 17.5. The Balaban J connectivity index is 2.20. The number of unbranched alkanes of at least 4 members (excludes halogenated alkanes) is 1. The molecular formula is C23H36N10O6. The van der Waals surface area contributed by atoms with Crippen LogP contribution in [0.2, 0.25) is 0 Å². The van der Waals surface area contributed by atoms with Crippen LogP contribution < -0.4 is 33.2 Å². The molecule has 12 N–H and O–H groups in total. The Kier molecular flexibility index (Phi) is 12.5. The number of rotatable bonds is 18. The summed E-state index contributed by atoms with van der Waals surface area (Å²) in [6, 6.07) is -4.69. The molecule has 2 aromatic heterocycles. The van der Waals surface area contributed by atoms with Gasteiger partial charge in [-0.25, -0.2) is 14.8 Å². The molecule has 0 saturated carbocycles. The van der Waals surface area contributed by atoms with Gasteiger partial charge in [0.25, 0.3) is 0 Å². The fraction of sp³-hybridized carbons (Fsp3) is 0.522. The van der Waals surface area contributed by atoms with Crippen molar-refractivity contribution in [2.24, 2.45) is 17.2 Å². The molecular weight excluding hydrogens is 512 g/mol. The second-order valence-electron chi connectivity index (χ2n) is 8.98. The zero-order chi connectivity index (χ0) is 28.8. The van der Waals surface area contributed by atoms with Crippen molar-refractivity contribution in [1.82, 2.24) is 35.9 Å². The molecule has 16 heteroatoms. The van der Waals surface area contributed by atoms with Gasteiger partial charge in [0.1, 0.15) is 18.1 Å². The summed E-state index contributed by atoms with van der Waals surface area (Å²) in [5.74, 6) is -4.00. The highest BCUT2D eigenvalue weighted by Crippen LogP contribution is 2.07. The van der Waals surface area contributed by atoms with Gasteiger partial charge >= 0.3 is 5.97 Å². The van der Waals surface area contributed by atoms with E-state index in [0.29, 0.717) is 30.8 Å². The number of aromatic amines is 2. The molecule has 0 fully saturated rings. The molecule has 0 spiro atoms. The van der Waals surface area contributed by atoms with E-state index in [9.17, 15) is 29.1 Å². The molecule has 0 saturated heterocycles. The van der Waals surface area contributed by atoms with Gasteiger partial charge in [0, 0.05) is 43.0 Å². The van der Waals surface area contributed by atoms with E-state index in [0.717, 1.165) is 0 Å². The van der Waals surface area contributed by atoms with Gasteiger partial charge in [0.05, 0.1) is 18.7 Å². The Morgan fingerprint density at radius 1 is 0.821 bits per heavy atom. The monoisotopic (exact) mass is 548 g/mol. The number of H-pyrrole nitrogens is 2. The summed E-state index contributed by atoms with van der Waals surface area (Å²) in [5, 5.41) is 17.2. The van der Waals surface area contributed by atoms with Crippen molar-refractivity contribution in [2.45, 2.75) is 69.1 Å². The van der Waals surface area contributed by atoms with Crippen molar-refractivity contribution in [2.75, 3.05) is 6.54 Å². The maximum absolute atomic E-state index is 13.4.